The molecule has 1 aliphatic carbocycles. The lowest BCUT2D eigenvalue weighted by Gasteiger charge is -2.40. The fourth-order valence-corrected chi connectivity index (χ4v) is 2.53. The summed E-state index contributed by atoms with van der Waals surface area (Å²) in [6.45, 7) is 2.73. The molecule has 3 N–H and O–H groups in total. The molecule has 98 valence electrons. The molecule has 1 fully saturated rings. The van der Waals surface area contributed by atoms with Crippen molar-refractivity contribution in [2.45, 2.75) is 31.8 Å². The summed E-state index contributed by atoms with van der Waals surface area (Å²) in [5.41, 5.74) is 7.58. The number of rotatable bonds is 5. The summed E-state index contributed by atoms with van der Waals surface area (Å²) >= 11 is 5.08. The second kappa shape index (κ2) is 5.20. The number of hydrogen-bond donors (Lipinski definition) is 2. The molecule has 1 aromatic heterocycles. The maximum absolute atomic E-state index is 5.75. The minimum Gasteiger partial charge on any atom is -0.389 e. The van der Waals surface area contributed by atoms with E-state index in [0.717, 1.165) is 36.3 Å². The minimum atomic E-state index is -0.0427. The normalized spacial score (nSPS) is 17.0. The van der Waals surface area contributed by atoms with Gasteiger partial charge in [-0.3, -0.25) is 0 Å². The Morgan fingerprint density at radius 2 is 2.33 bits per heavy atom. The summed E-state index contributed by atoms with van der Waals surface area (Å²) in [5, 5.41) is 3.33. The van der Waals surface area contributed by atoms with Crippen LogP contribution in [0.3, 0.4) is 0 Å². The highest BCUT2D eigenvalue weighted by atomic mass is 32.1. The molecule has 0 bridgehead atoms. The topological polar surface area (TPSA) is 60.2 Å². The molecular weight excluding hydrogens is 246 g/mol. The van der Waals surface area contributed by atoms with Gasteiger partial charge in [0.1, 0.15) is 10.8 Å². The predicted octanol–water partition coefficient (Wildman–Crippen LogP) is 2.01. The van der Waals surface area contributed by atoms with E-state index in [0.29, 0.717) is 4.99 Å². The van der Waals surface area contributed by atoms with Gasteiger partial charge >= 0.3 is 0 Å². The van der Waals surface area contributed by atoms with E-state index < -0.39 is 0 Å². The van der Waals surface area contributed by atoms with Gasteiger partial charge in [0, 0.05) is 19.9 Å². The minimum absolute atomic E-state index is 0.0427. The molecule has 2 rings (SSSR count). The lowest BCUT2D eigenvalue weighted by atomic mass is 9.80. The van der Waals surface area contributed by atoms with Gasteiger partial charge in [0.15, 0.2) is 0 Å². The van der Waals surface area contributed by atoms with Crippen molar-refractivity contribution >= 4 is 23.0 Å². The number of hydrogen-bond acceptors (Lipinski definition) is 4. The van der Waals surface area contributed by atoms with Gasteiger partial charge in [0.05, 0.1) is 11.2 Å². The van der Waals surface area contributed by atoms with Gasteiger partial charge in [0.25, 0.3) is 0 Å². The number of nitrogens with two attached hydrogens (primary N) is 1. The van der Waals surface area contributed by atoms with Crippen LogP contribution in [-0.4, -0.2) is 29.2 Å². The number of aryl methyl sites for hydroxylation is 1. The van der Waals surface area contributed by atoms with Gasteiger partial charge in [-0.1, -0.05) is 12.2 Å². The van der Waals surface area contributed by atoms with E-state index in [4.69, 9.17) is 22.7 Å². The largest absolute Gasteiger partial charge is 0.389 e. The molecule has 0 spiro atoms. The van der Waals surface area contributed by atoms with Crippen LogP contribution in [0.25, 0.3) is 0 Å². The Bertz CT molecular complexity index is 452. The van der Waals surface area contributed by atoms with Crippen LogP contribution in [0.2, 0.25) is 0 Å². The third-order valence-corrected chi connectivity index (χ3v) is 3.89. The summed E-state index contributed by atoms with van der Waals surface area (Å²) in [6, 6.07) is 1.91. The molecule has 1 saturated carbocycles. The fourth-order valence-electron chi connectivity index (χ4n) is 2.27. The van der Waals surface area contributed by atoms with Gasteiger partial charge in [-0.15, -0.1) is 0 Å². The highest BCUT2D eigenvalue weighted by Gasteiger charge is 2.36. The number of nitrogens with one attached hydrogen (secondary N) is 1. The van der Waals surface area contributed by atoms with Crippen molar-refractivity contribution < 1.29 is 4.74 Å². The number of aromatic nitrogens is 1. The van der Waals surface area contributed by atoms with Gasteiger partial charge in [-0.25, -0.2) is 4.98 Å². The van der Waals surface area contributed by atoms with Crippen molar-refractivity contribution in [3.8, 4) is 0 Å². The zero-order valence-electron chi connectivity index (χ0n) is 10.8. The summed E-state index contributed by atoms with van der Waals surface area (Å²) in [7, 11) is 1.76. The van der Waals surface area contributed by atoms with E-state index in [-0.39, 0.29) is 5.60 Å². The van der Waals surface area contributed by atoms with Crippen molar-refractivity contribution in [3.63, 3.8) is 0 Å². The third kappa shape index (κ3) is 2.47. The van der Waals surface area contributed by atoms with Gasteiger partial charge in [-0.2, -0.15) is 0 Å². The second-order valence-corrected chi connectivity index (χ2v) is 5.25. The van der Waals surface area contributed by atoms with Crippen molar-refractivity contribution in [3.05, 3.63) is 23.4 Å². The van der Waals surface area contributed by atoms with Crippen LogP contribution >= 0.6 is 12.2 Å². The summed E-state index contributed by atoms with van der Waals surface area (Å²) in [5.74, 6) is 0.755. The summed E-state index contributed by atoms with van der Waals surface area (Å²) < 4.78 is 5.57. The quantitative estimate of drug-likeness (QED) is 0.797. The van der Waals surface area contributed by atoms with Gasteiger partial charge < -0.3 is 15.8 Å². The second-order valence-electron chi connectivity index (χ2n) is 4.81. The molecule has 0 amide bonds. The van der Waals surface area contributed by atoms with Crippen LogP contribution in [0.15, 0.2) is 12.3 Å². The Morgan fingerprint density at radius 3 is 2.83 bits per heavy atom. The van der Waals surface area contributed by atoms with Crippen LogP contribution in [0.1, 0.15) is 30.4 Å². The molecule has 1 aliphatic rings. The SMILES string of the molecule is COC1(CNc2nccc(C)c2C(N)=S)CCC1. The highest BCUT2D eigenvalue weighted by molar-refractivity contribution is 7.80. The Labute approximate surface area is 113 Å². The lowest BCUT2D eigenvalue weighted by Crippen LogP contribution is -2.45. The first-order valence-electron chi connectivity index (χ1n) is 6.12. The Balaban J connectivity index is 2.14. The molecule has 1 aromatic rings. The van der Waals surface area contributed by atoms with Crippen molar-refractivity contribution in [1.29, 1.82) is 0 Å². The van der Waals surface area contributed by atoms with E-state index >= 15 is 0 Å². The average Bonchev–Trinajstić information content (AvgIpc) is 2.27. The number of nitrogens with zero attached hydrogens (tertiary/aromatic N) is 1. The molecule has 0 aliphatic heterocycles. The molecule has 0 atom stereocenters. The zero-order chi connectivity index (χ0) is 13.2. The smallest absolute Gasteiger partial charge is 0.136 e. The first-order valence-corrected chi connectivity index (χ1v) is 6.53. The van der Waals surface area contributed by atoms with Crippen LogP contribution in [-0.2, 0) is 4.74 Å². The number of pyridine rings is 1. The van der Waals surface area contributed by atoms with E-state index in [1.165, 1.54) is 6.42 Å². The third-order valence-electron chi connectivity index (χ3n) is 3.68. The van der Waals surface area contributed by atoms with Crippen LogP contribution in [0.4, 0.5) is 5.82 Å². The monoisotopic (exact) mass is 265 g/mol. The molecule has 18 heavy (non-hydrogen) atoms. The average molecular weight is 265 g/mol. The van der Waals surface area contributed by atoms with Crippen LogP contribution in [0.5, 0.6) is 0 Å². The van der Waals surface area contributed by atoms with Crippen LogP contribution in [0, 0.1) is 6.92 Å². The Hall–Kier alpha value is -1.20. The number of methoxy groups -OCH3 is 1. The van der Waals surface area contributed by atoms with E-state index in [2.05, 4.69) is 10.3 Å². The number of thiocarbonyl (C=S) groups is 1. The maximum atomic E-state index is 5.75. The fraction of sp³-hybridized carbons (Fsp3) is 0.538. The number of ether oxygens (including phenoxy) is 1. The van der Waals surface area contributed by atoms with E-state index in [9.17, 15) is 0 Å². The van der Waals surface area contributed by atoms with Crippen molar-refractivity contribution in [2.24, 2.45) is 5.73 Å². The first-order chi connectivity index (χ1) is 8.58. The Kier molecular flexibility index (Phi) is 3.82. The molecule has 1 heterocycles. The zero-order valence-corrected chi connectivity index (χ0v) is 11.6. The van der Waals surface area contributed by atoms with E-state index in [1.54, 1.807) is 13.3 Å². The molecule has 5 heteroatoms. The van der Waals surface area contributed by atoms with Gasteiger partial charge in [-0.05, 0) is 37.8 Å². The van der Waals surface area contributed by atoms with Crippen molar-refractivity contribution in [1.82, 2.24) is 4.98 Å². The molecule has 0 aromatic carbocycles. The maximum Gasteiger partial charge on any atom is 0.136 e. The molecule has 0 unspecified atom stereocenters. The summed E-state index contributed by atoms with van der Waals surface area (Å²) in [4.78, 5) is 4.70. The van der Waals surface area contributed by atoms with Crippen molar-refractivity contribution in [2.75, 3.05) is 19.0 Å². The Morgan fingerprint density at radius 1 is 1.61 bits per heavy atom. The first kappa shape index (κ1) is 13.2. The molecule has 0 radical (unpaired) electrons. The standard InChI is InChI=1S/C13H19N3OS/c1-9-4-7-15-12(10(9)11(14)18)16-8-13(17-2)5-3-6-13/h4,7H,3,5-6,8H2,1-2H3,(H2,14,18)(H,15,16). The van der Waals surface area contributed by atoms with Crippen LogP contribution < -0.4 is 11.1 Å². The lowest BCUT2D eigenvalue weighted by molar-refractivity contribution is -0.0601. The summed E-state index contributed by atoms with van der Waals surface area (Å²) in [6.07, 6.45) is 5.16. The predicted molar refractivity (Wildman–Crippen MR) is 76.9 cm³/mol. The molecule has 4 nitrogen and oxygen atoms in total. The highest BCUT2D eigenvalue weighted by Crippen LogP contribution is 2.35. The van der Waals surface area contributed by atoms with Gasteiger partial charge in [0.2, 0.25) is 0 Å². The molecule has 0 saturated heterocycles. The molecular formula is C13H19N3OS. The number of anilines is 1. The van der Waals surface area contributed by atoms with E-state index in [1.807, 2.05) is 13.0 Å².